The number of H-pyrrole nitrogens is 1. The number of nitrogens with one attached hydrogen (secondary N) is 1. The average Bonchev–Trinajstić information content (AvgIpc) is 3.51. The van der Waals surface area contributed by atoms with Crippen molar-refractivity contribution in [3.63, 3.8) is 0 Å². The van der Waals surface area contributed by atoms with Crippen LogP contribution >= 0.6 is 0 Å². The topological polar surface area (TPSA) is 96.8 Å². The number of aliphatic hydroxyl groups is 1. The smallest absolute Gasteiger partial charge is 0.295 e. The highest BCUT2D eigenvalue weighted by Gasteiger charge is 2.48. The number of phenols is 1. The Hall–Kier alpha value is -3.39. The Bertz CT molecular complexity index is 1270. The fourth-order valence-electron chi connectivity index (χ4n) is 4.47. The summed E-state index contributed by atoms with van der Waals surface area (Å²) in [5, 5.41) is 20.0. The van der Waals surface area contributed by atoms with E-state index in [4.69, 9.17) is 14.2 Å². The second kappa shape index (κ2) is 7.63. The number of aromatic amines is 1. The van der Waals surface area contributed by atoms with Crippen molar-refractivity contribution in [3.05, 3.63) is 66.7 Å². The molecule has 2 saturated heterocycles. The molecule has 32 heavy (non-hydrogen) atoms. The van der Waals surface area contributed by atoms with Gasteiger partial charge in [-0.15, -0.1) is 0 Å². The lowest BCUT2D eigenvalue weighted by molar-refractivity contribution is 0.00706. The van der Waals surface area contributed by atoms with Crippen molar-refractivity contribution in [3.8, 4) is 34.0 Å². The second-order valence-corrected chi connectivity index (χ2v) is 8.19. The minimum atomic E-state index is -0.607. The van der Waals surface area contributed by atoms with Crippen LogP contribution in [0.2, 0.25) is 0 Å². The maximum atomic E-state index is 10.1. The summed E-state index contributed by atoms with van der Waals surface area (Å²) < 4.78 is 17.2. The van der Waals surface area contributed by atoms with Crippen LogP contribution in [0.1, 0.15) is 0 Å². The molecule has 3 aromatic carbocycles. The van der Waals surface area contributed by atoms with Crippen molar-refractivity contribution in [1.82, 2.24) is 9.97 Å². The number of hydrogen-bond donors (Lipinski definition) is 3. The van der Waals surface area contributed by atoms with Gasteiger partial charge in [0.15, 0.2) is 6.10 Å². The van der Waals surface area contributed by atoms with E-state index in [9.17, 15) is 10.2 Å². The predicted octanol–water partition coefficient (Wildman–Crippen LogP) is 3.51. The molecule has 1 aromatic heterocycles. The van der Waals surface area contributed by atoms with Crippen LogP contribution in [0.3, 0.4) is 0 Å². The molecular formula is C25H22N2O5. The first-order valence-electron chi connectivity index (χ1n) is 10.6. The fraction of sp³-hybridized carbons (Fsp3) is 0.240. The molecule has 4 aromatic rings. The molecule has 0 aliphatic carbocycles. The number of imidazole rings is 1. The van der Waals surface area contributed by atoms with Gasteiger partial charge in [-0.05, 0) is 34.9 Å². The maximum absolute atomic E-state index is 10.1. The molecule has 0 saturated carbocycles. The third-order valence-electron chi connectivity index (χ3n) is 6.14. The van der Waals surface area contributed by atoms with E-state index in [0.29, 0.717) is 12.6 Å². The lowest BCUT2D eigenvalue weighted by Gasteiger charge is -2.15. The zero-order chi connectivity index (χ0) is 21.7. The van der Waals surface area contributed by atoms with E-state index < -0.39 is 6.10 Å². The maximum Gasteiger partial charge on any atom is 0.295 e. The Morgan fingerprint density at radius 3 is 2.47 bits per heavy atom. The zero-order valence-electron chi connectivity index (χ0n) is 17.1. The first-order valence-corrected chi connectivity index (χ1v) is 10.6. The Labute approximate surface area is 184 Å². The summed E-state index contributed by atoms with van der Waals surface area (Å²) in [6.45, 7) is 0.624. The summed E-state index contributed by atoms with van der Waals surface area (Å²) in [4.78, 5) is 7.78. The van der Waals surface area contributed by atoms with Crippen LogP contribution in [-0.4, -0.2) is 57.8 Å². The van der Waals surface area contributed by atoms with Crippen molar-refractivity contribution in [2.45, 2.75) is 24.4 Å². The van der Waals surface area contributed by atoms with Gasteiger partial charge in [-0.1, -0.05) is 48.5 Å². The summed E-state index contributed by atoms with van der Waals surface area (Å²) in [5.74, 6) is 0.266. The van der Waals surface area contributed by atoms with Gasteiger partial charge in [0, 0.05) is 5.56 Å². The zero-order valence-corrected chi connectivity index (χ0v) is 17.1. The summed E-state index contributed by atoms with van der Waals surface area (Å²) in [6, 6.07) is 21.8. The number of nitrogens with zero attached hydrogens (tertiary/aromatic N) is 1. The number of para-hydroxylation sites is 1. The number of aliphatic hydroxyl groups excluding tert-OH is 1. The fourth-order valence-corrected chi connectivity index (χ4v) is 4.47. The molecule has 2 aliphatic heterocycles. The first-order chi connectivity index (χ1) is 15.7. The number of phenolic OH excluding ortho intramolecular Hbond substituents is 1. The van der Waals surface area contributed by atoms with E-state index in [1.54, 1.807) is 6.07 Å². The van der Waals surface area contributed by atoms with Crippen LogP contribution in [0.15, 0.2) is 66.7 Å². The van der Waals surface area contributed by atoms with E-state index in [1.165, 1.54) is 0 Å². The van der Waals surface area contributed by atoms with E-state index in [2.05, 4.69) is 9.97 Å². The van der Waals surface area contributed by atoms with Crippen LogP contribution in [0.4, 0.5) is 0 Å². The summed E-state index contributed by atoms with van der Waals surface area (Å²) in [7, 11) is 0. The summed E-state index contributed by atoms with van der Waals surface area (Å²) in [5.41, 5.74) is 5.52. The van der Waals surface area contributed by atoms with Crippen molar-refractivity contribution in [2.24, 2.45) is 0 Å². The molecule has 2 fully saturated rings. The number of aromatic hydroxyl groups is 1. The molecule has 0 bridgehead atoms. The molecule has 2 aliphatic rings. The quantitative estimate of drug-likeness (QED) is 0.459. The largest absolute Gasteiger partial charge is 0.507 e. The normalized spacial score (nSPS) is 24.7. The Morgan fingerprint density at radius 1 is 0.875 bits per heavy atom. The van der Waals surface area contributed by atoms with Crippen LogP contribution in [0, 0.1) is 0 Å². The molecular weight excluding hydrogens is 408 g/mol. The predicted molar refractivity (Wildman–Crippen MR) is 119 cm³/mol. The van der Waals surface area contributed by atoms with Crippen molar-refractivity contribution in [1.29, 1.82) is 0 Å². The van der Waals surface area contributed by atoms with Gasteiger partial charge in [-0.25, -0.2) is 0 Å². The monoisotopic (exact) mass is 430 g/mol. The van der Waals surface area contributed by atoms with Gasteiger partial charge in [0.1, 0.15) is 24.1 Å². The van der Waals surface area contributed by atoms with Crippen LogP contribution in [-0.2, 0) is 9.47 Å². The third kappa shape index (κ3) is 3.31. The molecule has 162 valence electrons. The lowest BCUT2D eigenvalue weighted by Crippen LogP contribution is -2.34. The highest BCUT2D eigenvalue weighted by atomic mass is 16.6. The van der Waals surface area contributed by atoms with Crippen molar-refractivity contribution >= 4 is 11.0 Å². The number of ether oxygens (including phenoxy) is 3. The van der Waals surface area contributed by atoms with E-state index in [-0.39, 0.29) is 30.7 Å². The Morgan fingerprint density at radius 2 is 1.62 bits per heavy atom. The molecule has 7 heteroatoms. The van der Waals surface area contributed by atoms with Gasteiger partial charge in [0.05, 0.1) is 24.2 Å². The highest BCUT2D eigenvalue weighted by molar-refractivity contribution is 5.83. The molecule has 3 heterocycles. The molecule has 6 rings (SSSR count). The molecule has 0 radical (unpaired) electrons. The van der Waals surface area contributed by atoms with E-state index >= 15 is 0 Å². The number of aromatic nitrogens is 2. The van der Waals surface area contributed by atoms with Crippen LogP contribution in [0.25, 0.3) is 33.3 Å². The minimum Gasteiger partial charge on any atom is -0.507 e. The standard InChI is InChI=1S/C25H22N2O5/c28-20-4-2-1-3-17(20)15-7-5-14(6-8-15)16-9-10-18-19(11-16)27-25(26-18)32-22-13-31-23-21(29)12-30-24(22)23/h1-11,21-24,28-29H,12-13H2,(H,26,27)/t21-,22-,23-,24-/m1/s1. The molecule has 3 N–H and O–H groups in total. The Kier molecular flexibility index (Phi) is 4.61. The molecule has 0 amide bonds. The number of fused-ring (bicyclic) bond motifs is 2. The van der Waals surface area contributed by atoms with Gasteiger partial charge in [0.25, 0.3) is 6.01 Å². The summed E-state index contributed by atoms with van der Waals surface area (Å²) >= 11 is 0. The van der Waals surface area contributed by atoms with E-state index in [1.807, 2.05) is 60.7 Å². The Balaban J connectivity index is 1.23. The molecule has 0 spiro atoms. The van der Waals surface area contributed by atoms with Crippen molar-refractivity contribution < 1.29 is 24.4 Å². The average molecular weight is 430 g/mol. The number of benzene rings is 3. The summed E-state index contributed by atoms with van der Waals surface area (Å²) in [6.07, 6.45) is -1.53. The van der Waals surface area contributed by atoms with E-state index in [0.717, 1.165) is 33.3 Å². The lowest BCUT2D eigenvalue weighted by atomic mass is 9.99. The first kappa shape index (κ1) is 19.3. The SMILES string of the molecule is Oc1ccccc1-c1ccc(-c2ccc3[nH]c(O[C@@H]4CO[C@H]5[C@@H]4OC[C@H]5O)nc3c2)cc1. The van der Waals surface area contributed by atoms with Crippen LogP contribution < -0.4 is 4.74 Å². The number of rotatable bonds is 4. The third-order valence-corrected chi connectivity index (χ3v) is 6.14. The molecule has 7 nitrogen and oxygen atoms in total. The number of hydrogen-bond acceptors (Lipinski definition) is 6. The second-order valence-electron chi connectivity index (χ2n) is 8.19. The molecule has 4 atom stereocenters. The molecule has 0 unspecified atom stereocenters. The van der Waals surface area contributed by atoms with Gasteiger partial charge >= 0.3 is 0 Å². The van der Waals surface area contributed by atoms with Gasteiger partial charge < -0.3 is 29.4 Å². The van der Waals surface area contributed by atoms with Gasteiger partial charge in [-0.3, -0.25) is 0 Å². The highest BCUT2D eigenvalue weighted by Crippen LogP contribution is 2.32. The minimum absolute atomic E-state index is 0.265. The van der Waals surface area contributed by atoms with Crippen LogP contribution in [0.5, 0.6) is 11.8 Å². The van der Waals surface area contributed by atoms with Crippen molar-refractivity contribution in [2.75, 3.05) is 13.2 Å². The van der Waals surface area contributed by atoms with Gasteiger partial charge in [-0.2, -0.15) is 4.98 Å². The van der Waals surface area contributed by atoms with Gasteiger partial charge in [0.2, 0.25) is 0 Å².